The lowest BCUT2D eigenvalue weighted by Gasteiger charge is -2.30. The second kappa shape index (κ2) is 6.86. The van der Waals surface area contributed by atoms with Crippen LogP contribution in [0.2, 0.25) is 0 Å². The number of nitrogens with two attached hydrogens (primary N) is 1. The topological polar surface area (TPSA) is 93.5 Å². The van der Waals surface area contributed by atoms with Crippen LogP contribution in [0.4, 0.5) is 0 Å². The number of hydrogen-bond acceptors (Lipinski definition) is 4. The molecule has 19 heavy (non-hydrogen) atoms. The normalized spacial score (nSPS) is 21.1. The van der Waals surface area contributed by atoms with Crippen LogP contribution < -0.4 is 16.5 Å². The molecule has 0 aromatic carbocycles. The third kappa shape index (κ3) is 5.16. The van der Waals surface area contributed by atoms with Crippen LogP contribution in [0, 0.1) is 11.3 Å². The first-order chi connectivity index (χ1) is 8.84. The molecule has 1 saturated heterocycles. The van der Waals surface area contributed by atoms with Crippen LogP contribution in [-0.2, 0) is 14.4 Å². The molecule has 0 aromatic rings. The third-order valence-corrected chi connectivity index (χ3v) is 3.53. The third-order valence-electron chi connectivity index (χ3n) is 3.53. The summed E-state index contributed by atoms with van der Waals surface area (Å²) in [6, 6.07) is -0.560. The van der Waals surface area contributed by atoms with Gasteiger partial charge in [-0.1, -0.05) is 20.8 Å². The minimum Gasteiger partial charge on any atom is -0.342 e. The predicted octanol–water partition coefficient (Wildman–Crippen LogP) is 0.324. The smallest absolute Gasteiger partial charge is 0.268 e. The molecule has 1 unspecified atom stereocenters. The maximum Gasteiger partial charge on any atom is 0.268 e. The summed E-state index contributed by atoms with van der Waals surface area (Å²) in [4.78, 5) is 27.8. The van der Waals surface area contributed by atoms with Crippen LogP contribution in [0.5, 0.6) is 0 Å². The van der Waals surface area contributed by atoms with Crippen LogP contribution in [0.25, 0.3) is 0 Å². The number of carbonyl (C=O) groups is 2. The van der Waals surface area contributed by atoms with E-state index in [2.05, 4.69) is 31.6 Å². The van der Waals surface area contributed by atoms with Gasteiger partial charge in [0.05, 0.1) is 0 Å². The van der Waals surface area contributed by atoms with E-state index in [1.807, 2.05) is 0 Å². The molecule has 1 fully saturated rings. The average Bonchev–Trinajstić information content (AvgIpc) is 2.69. The van der Waals surface area contributed by atoms with Gasteiger partial charge < -0.3 is 11.1 Å². The van der Waals surface area contributed by atoms with Gasteiger partial charge in [-0.2, -0.15) is 0 Å². The van der Waals surface area contributed by atoms with Crippen molar-refractivity contribution in [2.24, 2.45) is 17.1 Å². The second-order valence-electron chi connectivity index (χ2n) is 6.08. The Bertz CT molecular complexity index is 326. The van der Waals surface area contributed by atoms with Gasteiger partial charge in [-0.3, -0.25) is 14.4 Å². The van der Waals surface area contributed by atoms with Crippen LogP contribution in [-0.4, -0.2) is 31.0 Å². The first-order valence-electron chi connectivity index (χ1n) is 6.75. The molecule has 0 aromatic heterocycles. The lowest BCUT2D eigenvalue weighted by atomic mass is 9.76. The van der Waals surface area contributed by atoms with E-state index in [0.29, 0.717) is 18.9 Å². The second-order valence-corrected chi connectivity index (χ2v) is 6.08. The van der Waals surface area contributed by atoms with Crippen LogP contribution in [0.1, 0.15) is 40.0 Å². The molecule has 4 N–H and O–H groups in total. The van der Waals surface area contributed by atoms with Gasteiger partial charge in [0.1, 0.15) is 12.6 Å². The van der Waals surface area contributed by atoms with Crippen molar-refractivity contribution in [2.45, 2.75) is 46.1 Å². The largest absolute Gasteiger partial charge is 0.342 e. The minimum absolute atomic E-state index is 0.114. The summed E-state index contributed by atoms with van der Waals surface area (Å²) in [6.07, 6.45) is 2.09. The molecule has 1 aliphatic rings. The number of carbonyl (C=O) groups excluding carboxylic acids is 2. The highest BCUT2D eigenvalue weighted by molar-refractivity contribution is 5.88. The maximum atomic E-state index is 11.8. The summed E-state index contributed by atoms with van der Waals surface area (Å²) in [5.74, 6) is -0.00324. The number of nitrogens with one attached hydrogen (secondary N) is 2. The molecule has 2 atom stereocenters. The van der Waals surface area contributed by atoms with E-state index in [-0.39, 0.29) is 23.8 Å². The number of amides is 2. The first-order valence-corrected chi connectivity index (χ1v) is 6.75. The molecular weight excluding hydrogens is 246 g/mol. The predicted molar refractivity (Wildman–Crippen MR) is 71.9 cm³/mol. The standard InChI is InChI=1S/C13H25N3O3/c1-13(2,3)9(6-7-14)4-5-11(17)15-10-8-19-16-12(10)18/h9-10H,4-8,14H2,1-3H3,(H,15,17)(H,16,18)/t9?,10-/m1/s1. The van der Waals surface area contributed by atoms with Gasteiger partial charge in [-0.05, 0) is 30.7 Å². The lowest BCUT2D eigenvalue weighted by molar-refractivity contribution is -0.128. The van der Waals surface area contributed by atoms with Crippen LogP contribution in [0.15, 0.2) is 0 Å². The molecule has 0 saturated carbocycles. The summed E-state index contributed by atoms with van der Waals surface area (Å²) >= 11 is 0. The van der Waals surface area contributed by atoms with E-state index in [0.717, 1.165) is 12.8 Å². The van der Waals surface area contributed by atoms with Gasteiger partial charge in [0.15, 0.2) is 0 Å². The summed E-state index contributed by atoms with van der Waals surface area (Å²) in [5.41, 5.74) is 7.96. The zero-order valence-electron chi connectivity index (χ0n) is 12.0. The number of hydroxylamine groups is 1. The Morgan fingerprint density at radius 2 is 2.21 bits per heavy atom. The maximum absolute atomic E-state index is 11.8. The van der Waals surface area contributed by atoms with E-state index in [9.17, 15) is 9.59 Å². The Morgan fingerprint density at radius 3 is 2.68 bits per heavy atom. The lowest BCUT2D eigenvalue weighted by Crippen LogP contribution is -2.41. The Labute approximate surface area is 114 Å². The van der Waals surface area contributed by atoms with Crippen LogP contribution in [0.3, 0.4) is 0 Å². The van der Waals surface area contributed by atoms with Gasteiger partial charge >= 0.3 is 0 Å². The SMILES string of the molecule is CC(C)(C)C(CCN)CCC(=O)N[C@@H]1CONC1=O. The molecule has 0 spiro atoms. The Kier molecular flexibility index (Phi) is 5.75. The van der Waals surface area contributed by atoms with Crippen molar-refractivity contribution in [2.75, 3.05) is 13.2 Å². The quantitative estimate of drug-likeness (QED) is 0.648. The average molecular weight is 271 g/mol. The molecule has 0 bridgehead atoms. The minimum atomic E-state index is -0.560. The monoisotopic (exact) mass is 271 g/mol. The number of rotatable bonds is 6. The summed E-state index contributed by atoms with van der Waals surface area (Å²) < 4.78 is 0. The molecule has 1 aliphatic heterocycles. The van der Waals surface area contributed by atoms with E-state index < -0.39 is 6.04 Å². The van der Waals surface area contributed by atoms with Gasteiger partial charge in [-0.15, -0.1) is 0 Å². The first kappa shape index (κ1) is 15.9. The summed E-state index contributed by atoms with van der Waals surface area (Å²) in [7, 11) is 0. The Hall–Kier alpha value is -1.14. The van der Waals surface area contributed by atoms with Crippen molar-refractivity contribution in [1.29, 1.82) is 0 Å². The molecule has 6 heteroatoms. The molecule has 1 rings (SSSR count). The fourth-order valence-corrected chi connectivity index (χ4v) is 2.23. The molecule has 2 amide bonds. The highest BCUT2D eigenvalue weighted by atomic mass is 16.7. The number of hydrogen-bond donors (Lipinski definition) is 3. The van der Waals surface area contributed by atoms with Crippen LogP contribution >= 0.6 is 0 Å². The highest BCUT2D eigenvalue weighted by Gasteiger charge is 2.28. The van der Waals surface area contributed by atoms with Gasteiger partial charge in [0.25, 0.3) is 5.91 Å². The van der Waals surface area contributed by atoms with E-state index in [1.54, 1.807) is 0 Å². The molecule has 0 aliphatic carbocycles. The molecular formula is C13H25N3O3. The van der Waals surface area contributed by atoms with E-state index in [4.69, 9.17) is 10.6 Å². The summed E-state index contributed by atoms with van der Waals surface area (Å²) in [6.45, 7) is 7.29. The van der Waals surface area contributed by atoms with Crippen molar-refractivity contribution >= 4 is 11.8 Å². The fraction of sp³-hybridized carbons (Fsp3) is 0.846. The molecule has 1 heterocycles. The van der Waals surface area contributed by atoms with Crippen molar-refractivity contribution in [3.63, 3.8) is 0 Å². The zero-order chi connectivity index (χ0) is 14.5. The van der Waals surface area contributed by atoms with E-state index in [1.165, 1.54) is 0 Å². The Balaban J connectivity index is 2.37. The van der Waals surface area contributed by atoms with Crippen molar-refractivity contribution in [1.82, 2.24) is 10.8 Å². The van der Waals surface area contributed by atoms with E-state index >= 15 is 0 Å². The molecule has 6 nitrogen and oxygen atoms in total. The van der Waals surface area contributed by atoms with Crippen molar-refractivity contribution in [3.05, 3.63) is 0 Å². The highest BCUT2D eigenvalue weighted by Crippen LogP contribution is 2.31. The molecule has 0 radical (unpaired) electrons. The summed E-state index contributed by atoms with van der Waals surface area (Å²) in [5, 5.41) is 2.67. The van der Waals surface area contributed by atoms with Crippen molar-refractivity contribution in [3.8, 4) is 0 Å². The van der Waals surface area contributed by atoms with Gasteiger partial charge in [0.2, 0.25) is 5.91 Å². The Morgan fingerprint density at radius 1 is 1.53 bits per heavy atom. The zero-order valence-corrected chi connectivity index (χ0v) is 12.0. The van der Waals surface area contributed by atoms with Gasteiger partial charge in [0, 0.05) is 6.42 Å². The fourth-order valence-electron chi connectivity index (χ4n) is 2.23. The van der Waals surface area contributed by atoms with Crippen molar-refractivity contribution < 1.29 is 14.4 Å². The molecule has 110 valence electrons. The van der Waals surface area contributed by atoms with Gasteiger partial charge in [-0.25, -0.2) is 5.48 Å².